The summed E-state index contributed by atoms with van der Waals surface area (Å²) in [7, 11) is 0. The SMILES string of the molecule is CC(C)(C)OC(=O)Nc1cc(C#N)cc(N2CC[C@@H](NC(=O)O)[C@@H](O)C2)c1Cl. The lowest BCUT2D eigenvalue weighted by Crippen LogP contribution is -2.54. The number of anilines is 2. The fourth-order valence-corrected chi connectivity index (χ4v) is 3.16. The Kier molecular flexibility index (Phi) is 6.59. The summed E-state index contributed by atoms with van der Waals surface area (Å²) in [6.45, 7) is 5.69. The van der Waals surface area contributed by atoms with E-state index in [1.807, 2.05) is 6.07 Å². The third-order valence-electron chi connectivity index (χ3n) is 4.05. The van der Waals surface area contributed by atoms with Crippen molar-refractivity contribution in [1.29, 1.82) is 5.26 Å². The maximum Gasteiger partial charge on any atom is 0.412 e. The highest BCUT2D eigenvalue weighted by Gasteiger charge is 2.30. The number of ether oxygens (including phenoxy) is 1. The van der Waals surface area contributed by atoms with E-state index in [1.165, 1.54) is 6.07 Å². The minimum Gasteiger partial charge on any atom is -0.465 e. The quantitative estimate of drug-likeness (QED) is 0.601. The molecule has 0 saturated carbocycles. The molecule has 2 amide bonds. The zero-order valence-electron chi connectivity index (χ0n) is 15.8. The van der Waals surface area contributed by atoms with Crippen molar-refractivity contribution in [3.63, 3.8) is 0 Å². The lowest BCUT2D eigenvalue weighted by Gasteiger charge is -2.37. The van der Waals surface area contributed by atoms with E-state index in [-0.39, 0.29) is 22.8 Å². The average Bonchev–Trinajstić information content (AvgIpc) is 2.56. The van der Waals surface area contributed by atoms with E-state index in [0.29, 0.717) is 18.7 Å². The molecule has 1 aromatic carbocycles. The van der Waals surface area contributed by atoms with Gasteiger partial charge in [-0.15, -0.1) is 0 Å². The molecule has 1 fully saturated rings. The number of β-amino-alcohol motifs (C(OH)–C–C–N with tert-alkyl or cyclic N) is 1. The zero-order chi connectivity index (χ0) is 21.1. The van der Waals surface area contributed by atoms with E-state index >= 15 is 0 Å². The molecule has 1 aromatic rings. The third-order valence-corrected chi connectivity index (χ3v) is 4.45. The van der Waals surface area contributed by atoms with E-state index in [0.717, 1.165) is 0 Å². The fraction of sp³-hybridized carbons (Fsp3) is 0.500. The van der Waals surface area contributed by atoms with Crippen LogP contribution in [0, 0.1) is 11.3 Å². The summed E-state index contributed by atoms with van der Waals surface area (Å²) in [5, 5.41) is 33.4. The van der Waals surface area contributed by atoms with Gasteiger partial charge in [-0.05, 0) is 39.3 Å². The van der Waals surface area contributed by atoms with Crippen molar-refractivity contribution in [2.45, 2.75) is 44.9 Å². The highest BCUT2D eigenvalue weighted by atomic mass is 35.5. The second-order valence-electron chi connectivity index (χ2n) is 7.45. The van der Waals surface area contributed by atoms with Crippen LogP contribution in [0.3, 0.4) is 0 Å². The first-order valence-corrected chi connectivity index (χ1v) is 9.04. The molecule has 152 valence electrons. The monoisotopic (exact) mass is 410 g/mol. The molecule has 0 unspecified atom stereocenters. The normalized spacial score (nSPS) is 19.5. The average molecular weight is 411 g/mol. The largest absolute Gasteiger partial charge is 0.465 e. The molecular formula is C18H23ClN4O5. The number of amides is 2. The Morgan fingerprint density at radius 2 is 2.07 bits per heavy atom. The Labute approximate surface area is 167 Å². The van der Waals surface area contributed by atoms with Crippen molar-refractivity contribution in [2.24, 2.45) is 0 Å². The maximum atomic E-state index is 12.1. The number of halogens is 1. The zero-order valence-corrected chi connectivity index (χ0v) is 16.6. The number of rotatable bonds is 3. The highest BCUT2D eigenvalue weighted by Crippen LogP contribution is 2.36. The fourth-order valence-electron chi connectivity index (χ4n) is 2.89. The minimum absolute atomic E-state index is 0.116. The molecule has 1 aliphatic rings. The van der Waals surface area contributed by atoms with E-state index < -0.39 is 29.9 Å². The topological polar surface area (TPSA) is 135 Å². The Balaban J connectivity index is 2.25. The number of aliphatic hydroxyl groups excluding tert-OH is 1. The van der Waals surface area contributed by atoms with Gasteiger partial charge in [0.25, 0.3) is 0 Å². The number of hydrogen-bond acceptors (Lipinski definition) is 6. The van der Waals surface area contributed by atoms with Gasteiger partial charge >= 0.3 is 12.2 Å². The van der Waals surface area contributed by atoms with Gasteiger partial charge < -0.3 is 25.2 Å². The van der Waals surface area contributed by atoms with Gasteiger partial charge in [-0.1, -0.05) is 11.6 Å². The maximum absolute atomic E-state index is 12.1. The van der Waals surface area contributed by atoms with Gasteiger partial charge in [0.05, 0.1) is 40.2 Å². The van der Waals surface area contributed by atoms with Gasteiger partial charge in [0, 0.05) is 13.1 Å². The number of nitriles is 1. The van der Waals surface area contributed by atoms with Gasteiger partial charge in [-0.3, -0.25) is 5.32 Å². The molecule has 0 spiro atoms. The molecule has 0 bridgehead atoms. The summed E-state index contributed by atoms with van der Waals surface area (Å²) in [6.07, 6.45) is -2.50. The molecular weight excluding hydrogens is 388 g/mol. The summed E-state index contributed by atoms with van der Waals surface area (Å²) in [5.41, 5.74) is 0.241. The summed E-state index contributed by atoms with van der Waals surface area (Å²) < 4.78 is 5.21. The van der Waals surface area contributed by atoms with E-state index in [2.05, 4.69) is 10.6 Å². The van der Waals surface area contributed by atoms with Crippen molar-refractivity contribution in [1.82, 2.24) is 5.32 Å². The lowest BCUT2D eigenvalue weighted by atomic mass is 10.0. The molecule has 0 aromatic heterocycles. The summed E-state index contributed by atoms with van der Waals surface area (Å²) in [4.78, 5) is 24.6. The van der Waals surface area contributed by atoms with Gasteiger partial charge in [-0.25, -0.2) is 9.59 Å². The van der Waals surface area contributed by atoms with Crippen LogP contribution in [-0.4, -0.2) is 53.2 Å². The van der Waals surface area contributed by atoms with Crippen molar-refractivity contribution in [2.75, 3.05) is 23.3 Å². The Bertz CT molecular complexity index is 802. The first-order valence-electron chi connectivity index (χ1n) is 8.66. The Morgan fingerprint density at radius 3 is 2.61 bits per heavy atom. The number of piperidine rings is 1. The molecule has 9 nitrogen and oxygen atoms in total. The second kappa shape index (κ2) is 8.54. The van der Waals surface area contributed by atoms with Crippen molar-refractivity contribution < 1.29 is 24.5 Å². The number of carbonyl (C=O) groups is 2. The van der Waals surface area contributed by atoms with Gasteiger partial charge in [0.15, 0.2) is 0 Å². The van der Waals surface area contributed by atoms with Crippen LogP contribution in [0.5, 0.6) is 0 Å². The van der Waals surface area contributed by atoms with E-state index in [1.54, 1.807) is 31.7 Å². The molecule has 28 heavy (non-hydrogen) atoms. The number of nitrogens with one attached hydrogen (secondary N) is 2. The molecule has 2 atom stereocenters. The molecule has 2 rings (SSSR count). The van der Waals surface area contributed by atoms with Crippen LogP contribution in [0.15, 0.2) is 12.1 Å². The van der Waals surface area contributed by atoms with Gasteiger partial charge in [0.1, 0.15) is 5.60 Å². The number of nitrogens with zero attached hydrogens (tertiary/aromatic N) is 2. The first-order chi connectivity index (χ1) is 13.0. The summed E-state index contributed by atoms with van der Waals surface area (Å²) in [6, 6.07) is 4.41. The smallest absolute Gasteiger partial charge is 0.412 e. The van der Waals surface area contributed by atoms with E-state index in [4.69, 9.17) is 21.4 Å². The van der Waals surface area contributed by atoms with E-state index in [9.17, 15) is 20.0 Å². The van der Waals surface area contributed by atoms with Crippen LogP contribution >= 0.6 is 11.6 Å². The van der Waals surface area contributed by atoms with Crippen LogP contribution in [0.2, 0.25) is 5.02 Å². The number of carboxylic acid groups (broad SMARTS) is 1. The lowest BCUT2D eigenvalue weighted by molar-refractivity contribution is 0.0636. The minimum atomic E-state index is -1.20. The molecule has 0 radical (unpaired) electrons. The number of benzene rings is 1. The van der Waals surface area contributed by atoms with Crippen LogP contribution in [0.1, 0.15) is 32.8 Å². The Hall–Kier alpha value is -2.70. The van der Waals surface area contributed by atoms with Gasteiger partial charge in [-0.2, -0.15) is 5.26 Å². The first kappa shape index (κ1) is 21.6. The standard InChI is InChI=1S/C18H23ClN4O5/c1-18(2,3)28-17(27)22-12-6-10(8-20)7-13(15(12)19)23-5-4-11(14(24)9-23)21-16(25)26/h6-7,11,14,21,24H,4-5,9H2,1-3H3,(H,22,27)(H,25,26)/t11-,14+/m1/s1. The van der Waals surface area contributed by atoms with Crippen LogP contribution in [-0.2, 0) is 4.74 Å². The van der Waals surface area contributed by atoms with Crippen LogP contribution in [0.25, 0.3) is 0 Å². The molecule has 10 heteroatoms. The van der Waals surface area contributed by atoms with Gasteiger partial charge in [0.2, 0.25) is 0 Å². The predicted molar refractivity (Wildman–Crippen MR) is 104 cm³/mol. The summed E-state index contributed by atoms with van der Waals surface area (Å²) >= 11 is 6.44. The molecule has 1 heterocycles. The molecule has 1 saturated heterocycles. The van der Waals surface area contributed by atoms with Crippen molar-refractivity contribution in [3.8, 4) is 6.07 Å². The number of aliphatic hydroxyl groups is 1. The van der Waals surface area contributed by atoms with Crippen LogP contribution < -0.4 is 15.5 Å². The van der Waals surface area contributed by atoms with Crippen LogP contribution in [0.4, 0.5) is 21.0 Å². The number of carbonyl (C=O) groups excluding carboxylic acids is 1. The summed E-state index contributed by atoms with van der Waals surface area (Å²) in [5.74, 6) is 0. The van der Waals surface area contributed by atoms with Crippen molar-refractivity contribution in [3.05, 3.63) is 22.7 Å². The number of hydrogen-bond donors (Lipinski definition) is 4. The molecule has 4 N–H and O–H groups in total. The molecule has 1 aliphatic heterocycles. The highest BCUT2D eigenvalue weighted by molar-refractivity contribution is 6.36. The van der Waals surface area contributed by atoms with Crippen molar-refractivity contribution >= 4 is 35.2 Å². The Morgan fingerprint density at radius 1 is 1.39 bits per heavy atom. The second-order valence-corrected chi connectivity index (χ2v) is 7.83. The third kappa shape index (κ3) is 5.65. The molecule has 0 aliphatic carbocycles. The predicted octanol–water partition coefficient (Wildman–Crippen LogP) is 2.77.